The highest BCUT2D eigenvalue weighted by Crippen LogP contribution is 2.23. The van der Waals surface area contributed by atoms with E-state index in [4.69, 9.17) is 5.11 Å². The van der Waals surface area contributed by atoms with Gasteiger partial charge in [0, 0.05) is 17.8 Å². The Morgan fingerprint density at radius 2 is 2.05 bits per heavy atom. The van der Waals surface area contributed by atoms with Crippen LogP contribution >= 0.6 is 0 Å². The second-order valence-corrected chi connectivity index (χ2v) is 6.05. The minimum atomic E-state index is -3.84. The number of pyridine rings is 2. The van der Waals surface area contributed by atoms with Crippen LogP contribution in [0.2, 0.25) is 0 Å². The number of fused-ring (bicyclic) bond motifs is 1. The van der Waals surface area contributed by atoms with Crippen molar-refractivity contribution in [3.8, 4) is 0 Å². The summed E-state index contributed by atoms with van der Waals surface area (Å²) in [6.07, 6.45) is 4.05. The van der Waals surface area contributed by atoms with Gasteiger partial charge in [0.2, 0.25) is 0 Å². The fraction of sp³-hybridized carbons (Fsp3) is 0. The molecule has 3 aromatic heterocycles. The Labute approximate surface area is 124 Å². The van der Waals surface area contributed by atoms with Crippen LogP contribution in [0.5, 0.6) is 0 Å². The van der Waals surface area contributed by atoms with Gasteiger partial charge in [0.1, 0.15) is 16.2 Å². The molecular formula is C13H10N4O4S. The first-order valence-electron chi connectivity index (χ1n) is 6.11. The summed E-state index contributed by atoms with van der Waals surface area (Å²) in [4.78, 5) is 21.2. The number of H-pyrrole nitrogens is 1. The van der Waals surface area contributed by atoms with E-state index in [0.717, 1.165) is 6.20 Å². The Morgan fingerprint density at radius 1 is 1.23 bits per heavy atom. The molecule has 9 heteroatoms. The SMILES string of the molecule is O=C(O)c1ccc(NS(=O)(=O)c2c[nH]c3ncccc23)cn1. The molecule has 0 aliphatic rings. The van der Waals surface area contributed by atoms with Crippen LogP contribution in [-0.2, 0) is 10.0 Å². The van der Waals surface area contributed by atoms with Crippen LogP contribution in [0.3, 0.4) is 0 Å². The summed E-state index contributed by atoms with van der Waals surface area (Å²) < 4.78 is 27.1. The van der Waals surface area contributed by atoms with Gasteiger partial charge in [-0.3, -0.25) is 4.72 Å². The van der Waals surface area contributed by atoms with E-state index >= 15 is 0 Å². The van der Waals surface area contributed by atoms with Gasteiger partial charge in [0.25, 0.3) is 10.0 Å². The van der Waals surface area contributed by atoms with Crippen LogP contribution in [0.1, 0.15) is 10.5 Å². The van der Waals surface area contributed by atoms with Crippen molar-refractivity contribution in [2.24, 2.45) is 0 Å². The number of carbonyl (C=O) groups is 1. The minimum Gasteiger partial charge on any atom is -0.477 e. The van der Waals surface area contributed by atoms with E-state index in [1.807, 2.05) is 0 Å². The van der Waals surface area contributed by atoms with Crippen LogP contribution in [0, 0.1) is 0 Å². The van der Waals surface area contributed by atoms with E-state index < -0.39 is 16.0 Å². The topological polar surface area (TPSA) is 125 Å². The fourth-order valence-electron chi connectivity index (χ4n) is 1.94. The van der Waals surface area contributed by atoms with Crippen molar-refractivity contribution in [3.63, 3.8) is 0 Å². The van der Waals surface area contributed by atoms with Gasteiger partial charge in [-0.05, 0) is 24.3 Å². The van der Waals surface area contributed by atoms with Gasteiger partial charge in [0.15, 0.2) is 0 Å². The Morgan fingerprint density at radius 3 is 2.73 bits per heavy atom. The van der Waals surface area contributed by atoms with Crippen molar-refractivity contribution >= 4 is 32.7 Å². The number of aromatic nitrogens is 3. The van der Waals surface area contributed by atoms with Crippen molar-refractivity contribution in [2.45, 2.75) is 4.90 Å². The van der Waals surface area contributed by atoms with Crippen molar-refractivity contribution < 1.29 is 18.3 Å². The maximum Gasteiger partial charge on any atom is 0.354 e. The van der Waals surface area contributed by atoms with Crippen LogP contribution < -0.4 is 4.72 Å². The molecule has 8 nitrogen and oxygen atoms in total. The molecule has 0 saturated carbocycles. The lowest BCUT2D eigenvalue weighted by Crippen LogP contribution is -2.13. The Bertz CT molecular complexity index is 948. The predicted octanol–water partition coefficient (Wildman–Crippen LogP) is 1.46. The number of carboxylic acid groups (broad SMARTS) is 1. The van der Waals surface area contributed by atoms with E-state index in [9.17, 15) is 13.2 Å². The molecule has 112 valence electrons. The zero-order valence-corrected chi connectivity index (χ0v) is 11.8. The molecule has 0 atom stereocenters. The highest BCUT2D eigenvalue weighted by atomic mass is 32.2. The maximum absolute atomic E-state index is 12.4. The van der Waals surface area contributed by atoms with E-state index in [0.29, 0.717) is 11.0 Å². The van der Waals surface area contributed by atoms with Crippen molar-refractivity contribution in [3.05, 3.63) is 48.5 Å². The first-order valence-corrected chi connectivity index (χ1v) is 7.60. The van der Waals surface area contributed by atoms with Gasteiger partial charge in [0.05, 0.1) is 11.9 Å². The van der Waals surface area contributed by atoms with Crippen LogP contribution in [0.15, 0.2) is 47.8 Å². The Hall–Kier alpha value is -2.94. The number of nitrogens with zero attached hydrogens (tertiary/aromatic N) is 2. The third kappa shape index (κ3) is 2.49. The first kappa shape index (κ1) is 14.0. The predicted molar refractivity (Wildman–Crippen MR) is 78.1 cm³/mol. The Balaban J connectivity index is 1.95. The lowest BCUT2D eigenvalue weighted by atomic mass is 10.3. The monoisotopic (exact) mass is 318 g/mol. The molecule has 3 heterocycles. The zero-order chi connectivity index (χ0) is 15.7. The summed E-state index contributed by atoms with van der Waals surface area (Å²) in [5.74, 6) is -1.18. The number of carboxylic acids is 1. The minimum absolute atomic E-state index is 0.0536. The van der Waals surface area contributed by atoms with Gasteiger partial charge < -0.3 is 10.1 Å². The number of aromatic amines is 1. The molecule has 0 aliphatic heterocycles. The van der Waals surface area contributed by atoms with Gasteiger partial charge in [-0.1, -0.05) is 0 Å². The number of aromatic carboxylic acids is 1. The molecule has 0 aromatic carbocycles. The van der Waals surface area contributed by atoms with Crippen LogP contribution in [0.4, 0.5) is 5.69 Å². The molecule has 0 saturated heterocycles. The summed E-state index contributed by atoms with van der Waals surface area (Å²) in [6.45, 7) is 0. The molecule has 0 unspecified atom stereocenters. The number of hydrogen-bond acceptors (Lipinski definition) is 5. The second-order valence-electron chi connectivity index (χ2n) is 4.40. The summed E-state index contributed by atoms with van der Waals surface area (Å²) in [7, 11) is -3.84. The maximum atomic E-state index is 12.4. The highest BCUT2D eigenvalue weighted by molar-refractivity contribution is 7.93. The molecule has 0 radical (unpaired) electrons. The average molecular weight is 318 g/mol. The summed E-state index contributed by atoms with van der Waals surface area (Å²) in [5, 5.41) is 9.23. The second kappa shape index (κ2) is 5.11. The van der Waals surface area contributed by atoms with Gasteiger partial charge in [-0.25, -0.2) is 23.2 Å². The molecule has 0 bridgehead atoms. The lowest BCUT2D eigenvalue weighted by molar-refractivity contribution is 0.0690. The molecule has 3 rings (SSSR count). The molecule has 0 amide bonds. The summed E-state index contributed by atoms with van der Waals surface area (Å²) in [6, 6.07) is 5.83. The van der Waals surface area contributed by atoms with Crippen LogP contribution in [0.25, 0.3) is 11.0 Å². The van der Waals surface area contributed by atoms with Gasteiger partial charge >= 0.3 is 5.97 Å². The average Bonchev–Trinajstić information content (AvgIpc) is 2.92. The standard InChI is InChI=1S/C13H10N4O4S/c18-13(19)10-4-3-8(6-15-10)17-22(20,21)11-7-16-12-9(11)2-1-5-14-12/h1-7,17H,(H,14,16)(H,18,19). The molecule has 22 heavy (non-hydrogen) atoms. The molecule has 3 N–H and O–H groups in total. The number of nitrogens with one attached hydrogen (secondary N) is 2. The van der Waals surface area contributed by atoms with E-state index in [1.165, 1.54) is 18.3 Å². The molecule has 0 aliphatic carbocycles. The fourth-order valence-corrected chi connectivity index (χ4v) is 3.15. The molecule has 3 aromatic rings. The third-order valence-corrected chi connectivity index (χ3v) is 4.36. The normalized spacial score (nSPS) is 11.5. The van der Waals surface area contributed by atoms with E-state index in [1.54, 1.807) is 18.3 Å². The quantitative estimate of drug-likeness (QED) is 0.668. The highest BCUT2D eigenvalue weighted by Gasteiger charge is 2.19. The lowest BCUT2D eigenvalue weighted by Gasteiger charge is -2.06. The van der Waals surface area contributed by atoms with E-state index in [-0.39, 0.29) is 16.3 Å². The zero-order valence-electron chi connectivity index (χ0n) is 11.0. The molecular weight excluding hydrogens is 308 g/mol. The number of sulfonamides is 1. The van der Waals surface area contributed by atoms with Crippen LogP contribution in [-0.4, -0.2) is 34.4 Å². The number of rotatable bonds is 4. The van der Waals surface area contributed by atoms with Gasteiger partial charge in [-0.2, -0.15) is 0 Å². The number of anilines is 1. The summed E-state index contributed by atoms with van der Waals surface area (Å²) in [5.41, 5.74) is 0.463. The van der Waals surface area contributed by atoms with Crippen molar-refractivity contribution in [1.82, 2.24) is 15.0 Å². The first-order chi connectivity index (χ1) is 10.5. The summed E-state index contributed by atoms with van der Waals surface area (Å²) >= 11 is 0. The van der Waals surface area contributed by atoms with Crippen molar-refractivity contribution in [1.29, 1.82) is 0 Å². The molecule has 0 fully saturated rings. The number of hydrogen-bond donors (Lipinski definition) is 3. The largest absolute Gasteiger partial charge is 0.477 e. The smallest absolute Gasteiger partial charge is 0.354 e. The van der Waals surface area contributed by atoms with E-state index in [2.05, 4.69) is 19.7 Å². The Kier molecular flexibility index (Phi) is 3.26. The third-order valence-electron chi connectivity index (χ3n) is 2.94. The van der Waals surface area contributed by atoms with Crippen molar-refractivity contribution in [2.75, 3.05) is 4.72 Å². The molecule has 0 spiro atoms. The van der Waals surface area contributed by atoms with Gasteiger partial charge in [-0.15, -0.1) is 0 Å².